The number of benzene rings is 1. The van der Waals surface area contributed by atoms with Crippen LogP contribution in [0.5, 0.6) is 0 Å². The molecule has 0 amide bonds. The third-order valence-corrected chi connectivity index (χ3v) is 5.92. The molecule has 32 heavy (non-hydrogen) atoms. The van der Waals surface area contributed by atoms with E-state index in [0.717, 1.165) is 18.4 Å². The average molecular weight is 450 g/mol. The highest BCUT2D eigenvalue weighted by Gasteiger charge is 2.60. The maximum atomic E-state index is 13.4. The third-order valence-electron chi connectivity index (χ3n) is 5.92. The number of hydrogen-bond acceptors (Lipinski definition) is 8. The van der Waals surface area contributed by atoms with E-state index < -0.39 is 48.3 Å². The summed E-state index contributed by atoms with van der Waals surface area (Å²) in [4.78, 5) is 13.4. The third kappa shape index (κ3) is 5.16. The zero-order valence-corrected chi connectivity index (χ0v) is 19.5. The van der Waals surface area contributed by atoms with Crippen molar-refractivity contribution >= 4 is 5.97 Å². The second-order valence-electron chi connectivity index (χ2n) is 9.49. The lowest BCUT2D eigenvalue weighted by Gasteiger charge is -2.30. The molecular formula is C24H35NO7. The minimum Gasteiger partial charge on any atom is -0.455 e. The Labute approximate surface area is 189 Å². The molecule has 3 heterocycles. The molecule has 0 aromatic heterocycles. The summed E-state index contributed by atoms with van der Waals surface area (Å²) >= 11 is 0. The van der Waals surface area contributed by atoms with Gasteiger partial charge in [-0.2, -0.15) is 0 Å². The number of carbonyl (C=O) groups is 1. The highest BCUT2D eigenvalue weighted by atomic mass is 16.8. The summed E-state index contributed by atoms with van der Waals surface area (Å²) in [6.45, 7) is 10.5. The van der Waals surface area contributed by atoms with E-state index in [9.17, 15) is 4.79 Å². The van der Waals surface area contributed by atoms with E-state index in [1.807, 2.05) is 58.0 Å². The minimum absolute atomic E-state index is 0.339. The van der Waals surface area contributed by atoms with Crippen molar-refractivity contribution in [1.29, 1.82) is 0 Å². The second kappa shape index (κ2) is 9.37. The van der Waals surface area contributed by atoms with Crippen LogP contribution in [-0.2, 0) is 33.2 Å². The van der Waals surface area contributed by atoms with Gasteiger partial charge >= 0.3 is 5.97 Å². The Kier molecular flexibility index (Phi) is 6.91. The maximum absolute atomic E-state index is 13.4. The maximum Gasteiger partial charge on any atom is 0.328 e. The molecule has 0 unspecified atom stereocenters. The molecule has 178 valence electrons. The highest BCUT2D eigenvalue weighted by molar-refractivity contribution is 5.78. The zero-order chi connectivity index (χ0) is 22.9. The number of nitrogens with one attached hydrogen (secondary N) is 1. The first-order chi connectivity index (χ1) is 15.2. The lowest BCUT2D eigenvalue weighted by molar-refractivity contribution is -0.235. The van der Waals surface area contributed by atoms with Crippen LogP contribution in [0, 0.1) is 0 Å². The fraction of sp³-hybridized carbons (Fsp3) is 0.708. The van der Waals surface area contributed by atoms with Crippen molar-refractivity contribution in [2.45, 2.75) is 95.8 Å². The van der Waals surface area contributed by atoms with Crippen LogP contribution < -0.4 is 5.32 Å². The smallest absolute Gasteiger partial charge is 0.328 e. The monoisotopic (exact) mass is 449 g/mol. The molecule has 4 rings (SSSR count). The Morgan fingerprint density at radius 3 is 2.50 bits per heavy atom. The quantitative estimate of drug-likeness (QED) is 0.479. The molecular weight excluding hydrogens is 414 g/mol. The van der Waals surface area contributed by atoms with Crippen LogP contribution in [0.15, 0.2) is 30.3 Å². The molecule has 3 aliphatic heterocycles. The van der Waals surface area contributed by atoms with Crippen molar-refractivity contribution in [3.8, 4) is 0 Å². The predicted molar refractivity (Wildman–Crippen MR) is 116 cm³/mol. The second-order valence-corrected chi connectivity index (χ2v) is 9.49. The molecule has 0 radical (unpaired) electrons. The van der Waals surface area contributed by atoms with Crippen LogP contribution in [-0.4, -0.2) is 61.4 Å². The van der Waals surface area contributed by atoms with Crippen LogP contribution >= 0.6 is 0 Å². The van der Waals surface area contributed by atoms with E-state index in [0.29, 0.717) is 13.2 Å². The first-order valence-electron chi connectivity index (χ1n) is 11.5. The van der Waals surface area contributed by atoms with Crippen LogP contribution in [0.25, 0.3) is 0 Å². The summed E-state index contributed by atoms with van der Waals surface area (Å²) in [5.41, 5.74) is 0.853. The van der Waals surface area contributed by atoms with Gasteiger partial charge in [0.2, 0.25) is 0 Å². The summed E-state index contributed by atoms with van der Waals surface area (Å²) in [7, 11) is 0. The Hall–Kier alpha value is -1.55. The van der Waals surface area contributed by atoms with Crippen molar-refractivity contribution in [3.05, 3.63) is 35.9 Å². The molecule has 8 heteroatoms. The van der Waals surface area contributed by atoms with Gasteiger partial charge in [-0.05, 0) is 46.2 Å². The summed E-state index contributed by atoms with van der Waals surface area (Å²) < 4.78 is 36.0. The lowest BCUT2D eigenvalue weighted by Crippen LogP contribution is -2.46. The van der Waals surface area contributed by atoms with Crippen LogP contribution in [0.2, 0.25) is 0 Å². The van der Waals surface area contributed by atoms with E-state index in [-0.39, 0.29) is 5.97 Å². The fourth-order valence-corrected chi connectivity index (χ4v) is 4.42. The summed E-state index contributed by atoms with van der Waals surface area (Å²) in [5.74, 6) is -1.93. The van der Waals surface area contributed by atoms with E-state index in [1.165, 1.54) is 0 Å². The van der Waals surface area contributed by atoms with Crippen molar-refractivity contribution < 1.29 is 33.2 Å². The van der Waals surface area contributed by atoms with Gasteiger partial charge in [0.25, 0.3) is 0 Å². The Balaban J connectivity index is 1.54. The lowest BCUT2D eigenvalue weighted by atomic mass is 10.0. The van der Waals surface area contributed by atoms with Crippen LogP contribution in [0.4, 0.5) is 0 Å². The van der Waals surface area contributed by atoms with Gasteiger partial charge in [-0.3, -0.25) is 0 Å². The molecule has 1 N–H and O–H groups in total. The normalized spacial score (nSPS) is 33.7. The van der Waals surface area contributed by atoms with Gasteiger partial charge in [0.1, 0.15) is 18.2 Å². The number of ether oxygens (including phenoxy) is 6. The first kappa shape index (κ1) is 23.6. The van der Waals surface area contributed by atoms with Crippen molar-refractivity contribution in [2.24, 2.45) is 0 Å². The molecule has 0 saturated carbocycles. The van der Waals surface area contributed by atoms with Crippen molar-refractivity contribution in [3.63, 3.8) is 0 Å². The van der Waals surface area contributed by atoms with Gasteiger partial charge in [-0.1, -0.05) is 43.7 Å². The number of fused-ring (bicyclic) bond motifs is 1. The molecule has 3 aliphatic rings. The number of hydrogen-bond donors (Lipinski definition) is 1. The standard InChI is InChI=1S/C24H35NO7/c1-6-7-13-25-17(15-11-9-8-10-12-15)21(26)28-19-18(16-14-27-23(2,3)30-16)29-22-20(19)31-24(4,5)32-22/h8-12,16-20,22,25H,6-7,13-14H2,1-5H3/t16-,17+,18-,19+,20-,22-/m1/s1. The number of esters is 1. The van der Waals surface area contributed by atoms with Crippen molar-refractivity contribution in [1.82, 2.24) is 5.32 Å². The van der Waals surface area contributed by atoms with E-state index in [2.05, 4.69) is 12.2 Å². The number of rotatable bonds is 8. The summed E-state index contributed by atoms with van der Waals surface area (Å²) in [6.07, 6.45) is -0.825. The fourth-order valence-electron chi connectivity index (χ4n) is 4.42. The molecule has 1 aromatic carbocycles. The predicted octanol–water partition coefficient (Wildman–Crippen LogP) is 3.06. The Morgan fingerprint density at radius 1 is 1.09 bits per heavy atom. The minimum atomic E-state index is -0.824. The van der Waals surface area contributed by atoms with E-state index in [1.54, 1.807) is 0 Å². The number of carbonyl (C=O) groups excluding carboxylic acids is 1. The Morgan fingerprint density at radius 2 is 1.84 bits per heavy atom. The Bertz CT molecular complexity index is 784. The van der Waals surface area contributed by atoms with Gasteiger partial charge in [-0.15, -0.1) is 0 Å². The van der Waals surface area contributed by atoms with E-state index >= 15 is 0 Å². The highest BCUT2D eigenvalue weighted by Crippen LogP contribution is 2.42. The van der Waals surface area contributed by atoms with Crippen LogP contribution in [0.3, 0.4) is 0 Å². The molecule has 0 spiro atoms. The topological polar surface area (TPSA) is 84.5 Å². The average Bonchev–Trinajstić information content (AvgIpc) is 3.35. The molecule has 3 fully saturated rings. The van der Waals surface area contributed by atoms with Gasteiger partial charge in [0.15, 0.2) is 30.1 Å². The van der Waals surface area contributed by atoms with E-state index in [4.69, 9.17) is 28.4 Å². The largest absolute Gasteiger partial charge is 0.455 e. The van der Waals surface area contributed by atoms with Gasteiger partial charge in [-0.25, -0.2) is 4.79 Å². The number of unbranched alkanes of at least 4 members (excludes halogenated alkanes) is 1. The van der Waals surface area contributed by atoms with Gasteiger partial charge in [0, 0.05) is 0 Å². The van der Waals surface area contributed by atoms with Gasteiger partial charge < -0.3 is 33.7 Å². The molecule has 6 atom stereocenters. The molecule has 1 aromatic rings. The summed E-state index contributed by atoms with van der Waals surface area (Å²) in [6, 6.07) is 9.01. The first-order valence-corrected chi connectivity index (χ1v) is 11.5. The van der Waals surface area contributed by atoms with Crippen LogP contribution in [0.1, 0.15) is 59.1 Å². The van der Waals surface area contributed by atoms with Gasteiger partial charge in [0.05, 0.1) is 6.61 Å². The summed E-state index contributed by atoms with van der Waals surface area (Å²) in [5, 5.41) is 3.34. The SMILES string of the molecule is CCCCN[C@H](C(=O)O[C@@H]1[C@H]2OC(C)(C)O[C@H]2O[C@@H]1[C@H]1COC(C)(C)O1)c1ccccc1. The zero-order valence-electron chi connectivity index (χ0n) is 19.5. The van der Waals surface area contributed by atoms with Crippen molar-refractivity contribution in [2.75, 3.05) is 13.2 Å². The molecule has 0 aliphatic carbocycles. The molecule has 3 saturated heterocycles. The molecule has 0 bridgehead atoms. The molecule has 8 nitrogen and oxygen atoms in total.